The summed E-state index contributed by atoms with van der Waals surface area (Å²) in [5.41, 5.74) is 1.88. The van der Waals surface area contributed by atoms with Crippen molar-refractivity contribution in [1.29, 1.82) is 0 Å². The number of alkyl halides is 3. The molecule has 1 aromatic heterocycles. The standard InChI is InChI=1S/C27H29F4N5O/c1-17-7-6-10-22(28)25(17)34-13-11-20(12-14-34)36-18(2)24-23(16-33(3)32-24)35(26(36)37)15-19-8-4-5-9-21(19)27(29,30)31/h4-10,16,18,20H,11-15H2,1-3H3. The van der Waals surface area contributed by atoms with Gasteiger partial charge >= 0.3 is 12.2 Å². The van der Waals surface area contributed by atoms with Gasteiger partial charge in [-0.05, 0) is 49.9 Å². The van der Waals surface area contributed by atoms with E-state index in [1.165, 1.54) is 23.1 Å². The first-order valence-electron chi connectivity index (χ1n) is 12.3. The fourth-order valence-electron chi connectivity index (χ4n) is 5.66. The highest BCUT2D eigenvalue weighted by atomic mass is 19.4. The summed E-state index contributed by atoms with van der Waals surface area (Å²) < 4.78 is 57.2. The van der Waals surface area contributed by atoms with Gasteiger partial charge in [-0.2, -0.15) is 18.3 Å². The van der Waals surface area contributed by atoms with Gasteiger partial charge in [0, 0.05) is 32.4 Å². The Labute approximate surface area is 213 Å². The van der Waals surface area contributed by atoms with Crippen molar-refractivity contribution in [3.8, 4) is 0 Å². The van der Waals surface area contributed by atoms with E-state index in [1.807, 2.05) is 24.8 Å². The number of anilines is 2. The fraction of sp³-hybridized carbons (Fsp3) is 0.407. The van der Waals surface area contributed by atoms with Gasteiger partial charge in [0.2, 0.25) is 0 Å². The second kappa shape index (κ2) is 9.39. The zero-order valence-corrected chi connectivity index (χ0v) is 21.0. The van der Waals surface area contributed by atoms with Gasteiger partial charge in [-0.25, -0.2) is 9.18 Å². The molecule has 6 nitrogen and oxygen atoms in total. The Morgan fingerprint density at radius 3 is 2.43 bits per heavy atom. The van der Waals surface area contributed by atoms with Crippen molar-refractivity contribution in [2.75, 3.05) is 22.9 Å². The van der Waals surface area contributed by atoms with Crippen LogP contribution in [0.15, 0.2) is 48.7 Å². The summed E-state index contributed by atoms with van der Waals surface area (Å²) in [6.07, 6.45) is -1.63. The zero-order chi connectivity index (χ0) is 26.5. The normalized spacial score (nSPS) is 18.9. The Hall–Kier alpha value is -3.56. The van der Waals surface area contributed by atoms with Gasteiger partial charge in [0.25, 0.3) is 0 Å². The van der Waals surface area contributed by atoms with E-state index in [4.69, 9.17) is 0 Å². The molecule has 3 aromatic rings. The minimum absolute atomic E-state index is 0.0255. The number of fused-ring (bicyclic) bond motifs is 1. The summed E-state index contributed by atoms with van der Waals surface area (Å²) in [5, 5.41) is 4.56. The van der Waals surface area contributed by atoms with E-state index in [-0.39, 0.29) is 36.0 Å². The number of halogens is 4. The molecule has 10 heteroatoms. The highest BCUT2D eigenvalue weighted by molar-refractivity contribution is 5.95. The number of amides is 2. The van der Waals surface area contributed by atoms with Gasteiger partial charge in [0.1, 0.15) is 11.5 Å². The maximum absolute atomic E-state index is 14.5. The Balaban J connectivity index is 1.43. The summed E-state index contributed by atoms with van der Waals surface area (Å²) in [7, 11) is 1.73. The number of piperidine rings is 1. The maximum atomic E-state index is 14.5. The van der Waals surface area contributed by atoms with Crippen LogP contribution >= 0.6 is 0 Å². The van der Waals surface area contributed by atoms with Crippen LogP contribution in [0.1, 0.15) is 48.2 Å². The monoisotopic (exact) mass is 515 g/mol. The van der Waals surface area contributed by atoms with E-state index < -0.39 is 11.7 Å². The van der Waals surface area contributed by atoms with Crippen LogP contribution in [0.3, 0.4) is 0 Å². The molecule has 37 heavy (non-hydrogen) atoms. The molecule has 1 fully saturated rings. The van der Waals surface area contributed by atoms with E-state index >= 15 is 0 Å². The molecular weight excluding hydrogens is 486 g/mol. The third-order valence-corrected chi connectivity index (χ3v) is 7.41. The smallest absolute Gasteiger partial charge is 0.369 e. The molecule has 0 saturated carbocycles. The van der Waals surface area contributed by atoms with Gasteiger partial charge in [0.05, 0.1) is 29.5 Å². The van der Waals surface area contributed by atoms with Crippen LogP contribution in [0, 0.1) is 12.7 Å². The van der Waals surface area contributed by atoms with Crippen LogP contribution in [0.2, 0.25) is 0 Å². The molecule has 2 aliphatic heterocycles. The molecule has 0 aliphatic carbocycles. The molecule has 2 amide bonds. The minimum Gasteiger partial charge on any atom is -0.369 e. The average Bonchev–Trinajstić information content (AvgIpc) is 3.24. The van der Waals surface area contributed by atoms with Crippen LogP contribution in [-0.2, 0) is 19.8 Å². The number of carbonyl (C=O) groups is 1. The lowest BCUT2D eigenvalue weighted by Gasteiger charge is -2.46. The first-order valence-corrected chi connectivity index (χ1v) is 12.3. The number of aromatic nitrogens is 2. The van der Waals surface area contributed by atoms with Crippen LogP contribution in [-0.4, -0.2) is 39.8 Å². The minimum atomic E-state index is -4.53. The van der Waals surface area contributed by atoms with Crippen LogP contribution in [0.5, 0.6) is 0 Å². The Morgan fingerprint density at radius 2 is 1.76 bits per heavy atom. The number of hydrogen-bond donors (Lipinski definition) is 0. The number of nitrogens with zero attached hydrogens (tertiary/aromatic N) is 5. The van der Waals surface area contributed by atoms with Gasteiger partial charge < -0.3 is 9.80 Å². The average molecular weight is 516 g/mol. The Morgan fingerprint density at radius 1 is 1.05 bits per heavy atom. The lowest BCUT2D eigenvalue weighted by Crippen LogP contribution is -2.55. The van der Waals surface area contributed by atoms with Gasteiger partial charge in [-0.3, -0.25) is 9.58 Å². The molecule has 3 heterocycles. The maximum Gasteiger partial charge on any atom is 0.416 e. The Bertz CT molecular complexity index is 1290. The number of carbonyl (C=O) groups excluding carboxylic acids is 1. The van der Waals surface area contributed by atoms with E-state index in [9.17, 15) is 22.4 Å². The molecule has 1 unspecified atom stereocenters. The molecule has 0 bridgehead atoms. The lowest BCUT2D eigenvalue weighted by molar-refractivity contribution is -0.138. The number of urea groups is 1. The summed E-state index contributed by atoms with van der Waals surface area (Å²) >= 11 is 0. The third kappa shape index (κ3) is 4.53. The molecule has 196 valence electrons. The summed E-state index contributed by atoms with van der Waals surface area (Å²) in [6, 6.07) is 9.51. The summed E-state index contributed by atoms with van der Waals surface area (Å²) in [4.78, 5) is 19.0. The Kier molecular flexibility index (Phi) is 6.37. The van der Waals surface area contributed by atoms with Crippen molar-refractivity contribution < 1.29 is 22.4 Å². The van der Waals surface area contributed by atoms with Crippen LogP contribution in [0.25, 0.3) is 0 Å². The number of rotatable bonds is 4. The fourth-order valence-corrected chi connectivity index (χ4v) is 5.66. The first-order chi connectivity index (χ1) is 17.6. The van der Waals surface area contributed by atoms with Gasteiger partial charge in [-0.15, -0.1) is 0 Å². The predicted octanol–water partition coefficient (Wildman–Crippen LogP) is 6.06. The quantitative estimate of drug-likeness (QED) is 0.397. The van der Waals surface area contributed by atoms with Crippen molar-refractivity contribution in [1.82, 2.24) is 14.7 Å². The largest absolute Gasteiger partial charge is 0.416 e. The van der Waals surface area contributed by atoms with Crippen molar-refractivity contribution >= 4 is 17.4 Å². The van der Waals surface area contributed by atoms with Crippen LogP contribution < -0.4 is 9.80 Å². The van der Waals surface area contributed by atoms with Crippen molar-refractivity contribution in [2.45, 2.75) is 51.5 Å². The molecule has 2 aliphatic rings. The molecule has 0 radical (unpaired) electrons. The predicted molar refractivity (Wildman–Crippen MR) is 133 cm³/mol. The van der Waals surface area contributed by atoms with Crippen LogP contribution in [0.4, 0.5) is 33.7 Å². The zero-order valence-electron chi connectivity index (χ0n) is 21.0. The molecule has 0 spiro atoms. The summed E-state index contributed by atoms with van der Waals surface area (Å²) in [5.74, 6) is -0.270. The second-order valence-electron chi connectivity index (χ2n) is 9.80. The molecule has 1 atom stereocenters. The molecule has 1 saturated heterocycles. The first kappa shape index (κ1) is 25.1. The van der Waals surface area contributed by atoms with E-state index in [0.717, 1.165) is 11.6 Å². The summed E-state index contributed by atoms with van der Waals surface area (Å²) in [6.45, 7) is 4.69. The SMILES string of the molecule is Cc1cccc(F)c1N1CCC(N2C(=O)N(Cc3ccccc3C(F)(F)F)c3cn(C)nc3C2C)CC1. The number of benzene rings is 2. The third-order valence-electron chi connectivity index (χ3n) is 7.41. The van der Waals surface area contributed by atoms with Crippen molar-refractivity contribution in [2.24, 2.45) is 7.05 Å². The molecular formula is C27H29F4N5O. The van der Waals surface area contributed by atoms with E-state index in [0.29, 0.717) is 43.0 Å². The molecule has 2 aromatic carbocycles. The lowest BCUT2D eigenvalue weighted by atomic mass is 9.97. The van der Waals surface area contributed by atoms with Gasteiger partial charge in [0.15, 0.2) is 0 Å². The number of para-hydroxylation sites is 1. The molecule has 5 rings (SSSR count). The van der Waals surface area contributed by atoms with Crippen molar-refractivity contribution in [3.63, 3.8) is 0 Å². The molecule has 0 N–H and O–H groups in total. The van der Waals surface area contributed by atoms with Gasteiger partial charge in [-0.1, -0.05) is 30.3 Å². The van der Waals surface area contributed by atoms with Crippen molar-refractivity contribution in [3.05, 3.63) is 76.9 Å². The second-order valence-corrected chi connectivity index (χ2v) is 9.80. The highest BCUT2D eigenvalue weighted by Crippen LogP contribution is 2.41. The number of hydrogen-bond acceptors (Lipinski definition) is 3. The van der Waals surface area contributed by atoms with E-state index in [1.54, 1.807) is 35.0 Å². The topological polar surface area (TPSA) is 44.6 Å². The highest BCUT2D eigenvalue weighted by Gasteiger charge is 2.43. The van der Waals surface area contributed by atoms with E-state index in [2.05, 4.69) is 5.10 Å². The number of aryl methyl sites for hydroxylation is 2.